The molecule has 2 heterocycles. The first kappa shape index (κ1) is 10.6. The van der Waals surface area contributed by atoms with E-state index in [0.717, 1.165) is 32.2 Å². The first-order chi connectivity index (χ1) is 7.67. The molecule has 3 nitrogen and oxygen atoms in total. The van der Waals surface area contributed by atoms with Crippen LogP contribution in [0, 0.1) is 17.3 Å². The quantitative estimate of drug-likeness (QED) is 0.712. The molecule has 3 aliphatic rings. The van der Waals surface area contributed by atoms with Crippen molar-refractivity contribution in [3.63, 3.8) is 0 Å². The molecule has 3 heteroatoms. The van der Waals surface area contributed by atoms with Crippen molar-refractivity contribution in [1.82, 2.24) is 4.90 Å². The van der Waals surface area contributed by atoms with E-state index in [-0.39, 0.29) is 0 Å². The lowest BCUT2D eigenvalue weighted by Gasteiger charge is -2.49. The zero-order chi connectivity index (χ0) is 11.2. The second kappa shape index (κ2) is 3.73. The summed E-state index contributed by atoms with van der Waals surface area (Å²) >= 11 is 0. The number of nitrogens with zero attached hydrogens (tertiary/aromatic N) is 1. The van der Waals surface area contributed by atoms with E-state index >= 15 is 0 Å². The lowest BCUT2D eigenvalue weighted by molar-refractivity contribution is -0.148. The first-order valence-corrected chi connectivity index (χ1v) is 6.52. The van der Waals surface area contributed by atoms with Gasteiger partial charge in [-0.25, -0.2) is 0 Å². The molecule has 16 heavy (non-hydrogen) atoms. The van der Waals surface area contributed by atoms with Gasteiger partial charge in [0.05, 0.1) is 13.2 Å². The lowest BCUT2D eigenvalue weighted by atomic mass is 9.77. The summed E-state index contributed by atoms with van der Waals surface area (Å²) in [5, 5.41) is 0. The molecule has 1 atom stereocenters. The number of amides is 1. The molecule has 0 radical (unpaired) electrons. The molecule has 1 unspecified atom stereocenters. The maximum atomic E-state index is 11.9. The van der Waals surface area contributed by atoms with Crippen molar-refractivity contribution in [3.05, 3.63) is 0 Å². The Morgan fingerprint density at radius 3 is 2.69 bits per heavy atom. The van der Waals surface area contributed by atoms with Crippen molar-refractivity contribution in [2.45, 2.75) is 32.6 Å². The summed E-state index contributed by atoms with van der Waals surface area (Å²) < 4.78 is 5.10. The van der Waals surface area contributed by atoms with Gasteiger partial charge in [0.1, 0.15) is 0 Å². The number of carbonyl (C=O) groups is 1. The standard InChI is InChI=1S/C13H21NO2/c1-10-2-3-13(5-10)8-14(9-13)12(15)4-11-6-16-7-11/h10-11H,2-9H2,1H3. The van der Waals surface area contributed by atoms with Crippen molar-refractivity contribution in [2.24, 2.45) is 17.3 Å². The van der Waals surface area contributed by atoms with Crippen LogP contribution in [0.5, 0.6) is 0 Å². The third kappa shape index (κ3) is 1.75. The summed E-state index contributed by atoms with van der Waals surface area (Å²) in [6.07, 6.45) is 4.75. The number of hydrogen-bond acceptors (Lipinski definition) is 2. The van der Waals surface area contributed by atoms with Crippen LogP contribution in [0.25, 0.3) is 0 Å². The summed E-state index contributed by atoms with van der Waals surface area (Å²) in [5.74, 6) is 1.74. The number of hydrogen-bond donors (Lipinski definition) is 0. The highest BCUT2D eigenvalue weighted by Crippen LogP contribution is 2.48. The van der Waals surface area contributed by atoms with Gasteiger partial charge in [-0.2, -0.15) is 0 Å². The van der Waals surface area contributed by atoms with Gasteiger partial charge in [-0.05, 0) is 18.8 Å². The Labute approximate surface area is 97.1 Å². The Morgan fingerprint density at radius 2 is 2.19 bits per heavy atom. The highest BCUT2D eigenvalue weighted by atomic mass is 16.5. The predicted octanol–water partition coefficient (Wildman–Crippen LogP) is 1.67. The topological polar surface area (TPSA) is 29.5 Å². The fourth-order valence-electron chi connectivity index (χ4n) is 3.50. The average Bonchev–Trinajstić information content (AvgIpc) is 2.51. The minimum Gasteiger partial charge on any atom is -0.381 e. The maximum absolute atomic E-state index is 11.9. The molecule has 3 rings (SSSR count). The summed E-state index contributed by atoms with van der Waals surface area (Å²) in [4.78, 5) is 14.0. The number of rotatable bonds is 2. The first-order valence-electron chi connectivity index (χ1n) is 6.52. The zero-order valence-corrected chi connectivity index (χ0v) is 10.1. The van der Waals surface area contributed by atoms with Gasteiger partial charge < -0.3 is 9.64 Å². The Kier molecular flexibility index (Phi) is 2.46. The number of ether oxygens (including phenoxy) is 1. The molecule has 0 aromatic rings. The number of likely N-dealkylation sites (tertiary alicyclic amines) is 1. The van der Waals surface area contributed by atoms with Gasteiger partial charge in [0.2, 0.25) is 5.91 Å². The van der Waals surface area contributed by atoms with Gasteiger partial charge in [-0.1, -0.05) is 13.3 Å². The van der Waals surface area contributed by atoms with Crippen LogP contribution >= 0.6 is 0 Å². The Hall–Kier alpha value is -0.570. The van der Waals surface area contributed by atoms with E-state index in [4.69, 9.17) is 4.74 Å². The minimum absolute atomic E-state index is 0.360. The van der Waals surface area contributed by atoms with Crippen LogP contribution in [0.3, 0.4) is 0 Å². The molecular formula is C13H21NO2. The van der Waals surface area contributed by atoms with Crippen LogP contribution in [0.15, 0.2) is 0 Å². The van der Waals surface area contributed by atoms with Crippen molar-refractivity contribution in [2.75, 3.05) is 26.3 Å². The monoisotopic (exact) mass is 223 g/mol. The average molecular weight is 223 g/mol. The summed E-state index contributed by atoms with van der Waals surface area (Å²) in [5.41, 5.74) is 0.519. The molecule has 0 N–H and O–H groups in total. The molecule has 2 saturated heterocycles. The SMILES string of the molecule is CC1CCC2(C1)CN(C(=O)CC1COC1)C2. The van der Waals surface area contributed by atoms with Gasteiger partial charge in [0.15, 0.2) is 0 Å². The molecular weight excluding hydrogens is 202 g/mol. The molecule has 0 bridgehead atoms. The van der Waals surface area contributed by atoms with E-state index in [1.54, 1.807) is 0 Å². The van der Waals surface area contributed by atoms with Crippen molar-refractivity contribution in [3.8, 4) is 0 Å². The smallest absolute Gasteiger partial charge is 0.223 e. The Bertz CT molecular complexity index is 292. The molecule has 0 aromatic heterocycles. The van der Waals surface area contributed by atoms with E-state index in [9.17, 15) is 4.79 Å². The summed E-state index contributed by atoms with van der Waals surface area (Å²) in [7, 11) is 0. The summed E-state index contributed by atoms with van der Waals surface area (Å²) in [6, 6.07) is 0. The zero-order valence-electron chi connectivity index (χ0n) is 10.1. The van der Waals surface area contributed by atoms with E-state index in [2.05, 4.69) is 11.8 Å². The van der Waals surface area contributed by atoms with Gasteiger partial charge in [-0.15, -0.1) is 0 Å². The second-order valence-corrected chi connectivity index (χ2v) is 6.21. The molecule has 1 aliphatic carbocycles. The van der Waals surface area contributed by atoms with Crippen molar-refractivity contribution < 1.29 is 9.53 Å². The fourth-order valence-corrected chi connectivity index (χ4v) is 3.50. The molecule has 90 valence electrons. The van der Waals surface area contributed by atoms with Crippen molar-refractivity contribution in [1.29, 1.82) is 0 Å². The molecule has 3 fully saturated rings. The highest BCUT2D eigenvalue weighted by molar-refractivity contribution is 5.77. The molecule has 1 saturated carbocycles. The molecule has 1 spiro atoms. The van der Waals surface area contributed by atoms with Crippen LogP contribution < -0.4 is 0 Å². The van der Waals surface area contributed by atoms with Crippen LogP contribution in [0.4, 0.5) is 0 Å². The second-order valence-electron chi connectivity index (χ2n) is 6.21. The highest BCUT2D eigenvalue weighted by Gasteiger charge is 2.48. The van der Waals surface area contributed by atoms with Gasteiger partial charge in [-0.3, -0.25) is 4.79 Å². The van der Waals surface area contributed by atoms with Crippen molar-refractivity contribution >= 4 is 5.91 Å². The lowest BCUT2D eigenvalue weighted by Crippen LogP contribution is -2.57. The predicted molar refractivity (Wildman–Crippen MR) is 61.0 cm³/mol. The third-order valence-corrected chi connectivity index (χ3v) is 4.52. The fraction of sp³-hybridized carbons (Fsp3) is 0.923. The number of carbonyl (C=O) groups excluding carboxylic acids is 1. The molecule has 0 aromatic carbocycles. The molecule has 1 amide bonds. The van der Waals surface area contributed by atoms with Crippen LogP contribution in [-0.2, 0) is 9.53 Å². The van der Waals surface area contributed by atoms with Crippen LogP contribution in [-0.4, -0.2) is 37.1 Å². The van der Waals surface area contributed by atoms with E-state index < -0.39 is 0 Å². The molecule has 2 aliphatic heterocycles. The van der Waals surface area contributed by atoms with Gasteiger partial charge in [0.25, 0.3) is 0 Å². The van der Waals surface area contributed by atoms with Crippen LogP contribution in [0.2, 0.25) is 0 Å². The normalized spacial score (nSPS) is 32.6. The van der Waals surface area contributed by atoms with E-state index in [1.807, 2.05) is 0 Å². The third-order valence-electron chi connectivity index (χ3n) is 4.52. The largest absolute Gasteiger partial charge is 0.381 e. The van der Waals surface area contributed by atoms with E-state index in [0.29, 0.717) is 23.7 Å². The maximum Gasteiger partial charge on any atom is 0.223 e. The summed E-state index contributed by atoms with van der Waals surface area (Å²) in [6.45, 7) is 5.99. The van der Waals surface area contributed by atoms with Gasteiger partial charge in [0, 0.05) is 30.8 Å². The Balaban J connectivity index is 1.47. The Morgan fingerprint density at radius 1 is 1.44 bits per heavy atom. The minimum atomic E-state index is 0.360. The van der Waals surface area contributed by atoms with E-state index in [1.165, 1.54) is 19.3 Å². The van der Waals surface area contributed by atoms with Crippen LogP contribution in [0.1, 0.15) is 32.6 Å². The van der Waals surface area contributed by atoms with Gasteiger partial charge >= 0.3 is 0 Å².